The molecular formula is C21H45N2O3PS. The molecule has 5 nitrogen and oxygen atoms in total. The first-order valence-electron chi connectivity index (χ1n) is 10.8. The summed E-state index contributed by atoms with van der Waals surface area (Å²) in [5.41, 5.74) is 0. The van der Waals surface area contributed by atoms with Crippen molar-refractivity contribution in [2.45, 2.75) is 106 Å². The highest BCUT2D eigenvalue weighted by Gasteiger charge is 2.34. The van der Waals surface area contributed by atoms with Gasteiger partial charge in [-0.3, -0.25) is 4.79 Å². The second-order valence-electron chi connectivity index (χ2n) is 8.37. The van der Waals surface area contributed by atoms with Gasteiger partial charge in [-0.1, -0.05) is 25.6 Å². The van der Waals surface area contributed by atoms with E-state index in [1.807, 2.05) is 13.8 Å². The average Bonchev–Trinajstić information content (AvgIpc) is 2.58. The van der Waals surface area contributed by atoms with Crippen LogP contribution in [0.5, 0.6) is 0 Å². The van der Waals surface area contributed by atoms with Crippen LogP contribution in [0.2, 0.25) is 0 Å². The zero-order valence-electron chi connectivity index (χ0n) is 19.9. The normalized spacial score (nSPS) is 13.9. The number of rotatable bonds is 15. The first kappa shape index (κ1) is 28.3. The Morgan fingerprint density at radius 3 is 1.71 bits per heavy atom. The van der Waals surface area contributed by atoms with Gasteiger partial charge >= 0.3 is 0 Å². The van der Waals surface area contributed by atoms with E-state index in [-0.39, 0.29) is 11.0 Å². The number of carbonyl (C=O) groups excluding carboxylic acids is 1. The fourth-order valence-corrected chi connectivity index (χ4v) is 6.16. The molecule has 0 spiro atoms. The number of nitrogens with zero attached hydrogens (tertiary/aromatic N) is 2. The van der Waals surface area contributed by atoms with Gasteiger partial charge in [0.1, 0.15) is 0 Å². The molecule has 0 amide bonds. The number of ether oxygens (including phenoxy) is 1. The molecule has 0 aromatic heterocycles. The molecule has 7 heteroatoms. The van der Waals surface area contributed by atoms with Gasteiger partial charge < -0.3 is 9.26 Å². The maximum atomic E-state index is 11.8. The lowest BCUT2D eigenvalue weighted by Gasteiger charge is -2.45. The van der Waals surface area contributed by atoms with E-state index in [1.165, 1.54) is 11.8 Å². The molecule has 0 bridgehead atoms. The van der Waals surface area contributed by atoms with Gasteiger partial charge in [0.25, 0.3) is 0 Å². The molecule has 0 aliphatic heterocycles. The lowest BCUT2D eigenvalue weighted by Crippen LogP contribution is -2.43. The van der Waals surface area contributed by atoms with E-state index < -0.39 is 8.45 Å². The molecule has 1 unspecified atom stereocenters. The van der Waals surface area contributed by atoms with Gasteiger partial charge in [-0.05, 0) is 68.2 Å². The van der Waals surface area contributed by atoms with Crippen LogP contribution in [0.3, 0.4) is 0 Å². The summed E-state index contributed by atoms with van der Waals surface area (Å²) in [4.78, 5) is 11.8. The SMILES string of the molecule is CCC(C)C(=O)SCOCCCOP(N(C(C)C)C(C)C)N(C(C)C)C(C)C. The Labute approximate surface area is 180 Å². The Hall–Kier alpha value is 0.290. The van der Waals surface area contributed by atoms with Gasteiger partial charge in [-0.15, -0.1) is 0 Å². The summed E-state index contributed by atoms with van der Waals surface area (Å²) in [5, 5.41) is 0.219. The Morgan fingerprint density at radius 1 is 0.857 bits per heavy atom. The van der Waals surface area contributed by atoms with Gasteiger partial charge in [-0.25, -0.2) is 9.34 Å². The van der Waals surface area contributed by atoms with Crippen molar-refractivity contribution in [1.29, 1.82) is 0 Å². The van der Waals surface area contributed by atoms with Gasteiger partial charge in [0.2, 0.25) is 0 Å². The number of carbonyl (C=O) groups is 1. The highest BCUT2D eigenvalue weighted by molar-refractivity contribution is 8.13. The van der Waals surface area contributed by atoms with Gasteiger partial charge in [-0.2, -0.15) is 0 Å². The summed E-state index contributed by atoms with van der Waals surface area (Å²) in [7, 11) is -0.839. The van der Waals surface area contributed by atoms with Gasteiger partial charge in [0, 0.05) is 36.7 Å². The van der Waals surface area contributed by atoms with Crippen molar-refractivity contribution in [2.24, 2.45) is 5.92 Å². The molecule has 1 atom stereocenters. The Balaban J connectivity index is 4.63. The van der Waals surface area contributed by atoms with Crippen molar-refractivity contribution >= 4 is 25.3 Å². The molecule has 0 rings (SSSR count). The first-order chi connectivity index (χ1) is 13.0. The summed E-state index contributed by atoms with van der Waals surface area (Å²) in [6.07, 6.45) is 1.72. The van der Waals surface area contributed by atoms with Crippen LogP contribution >= 0.6 is 20.2 Å². The lowest BCUT2D eigenvalue weighted by atomic mass is 10.1. The largest absolute Gasteiger partial charge is 0.370 e. The zero-order valence-corrected chi connectivity index (χ0v) is 21.6. The molecule has 0 aliphatic rings. The minimum absolute atomic E-state index is 0.108. The van der Waals surface area contributed by atoms with Crippen molar-refractivity contribution in [3.63, 3.8) is 0 Å². The van der Waals surface area contributed by atoms with Crippen LogP contribution in [0.4, 0.5) is 0 Å². The van der Waals surface area contributed by atoms with Crippen molar-refractivity contribution < 1.29 is 14.1 Å². The summed E-state index contributed by atoms with van der Waals surface area (Å²) in [6, 6.07) is 1.69. The third-order valence-electron chi connectivity index (χ3n) is 4.45. The van der Waals surface area contributed by atoms with E-state index in [1.54, 1.807) is 0 Å². The van der Waals surface area contributed by atoms with E-state index in [9.17, 15) is 4.79 Å². The highest BCUT2D eigenvalue weighted by atomic mass is 32.2. The molecule has 0 fully saturated rings. The Morgan fingerprint density at radius 2 is 1.32 bits per heavy atom. The third-order valence-corrected chi connectivity index (χ3v) is 8.47. The Kier molecular flexibility index (Phi) is 15.3. The quantitative estimate of drug-likeness (QED) is 0.175. The van der Waals surface area contributed by atoms with Crippen molar-refractivity contribution in [1.82, 2.24) is 9.34 Å². The molecule has 0 heterocycles. The predicted octanol–water partition coefficient (Wildman–Crippen LogP) is 6.14. The topological polar surface area (TPSA) is 42.0 Å². The Bertz CT molecular complexity index is 386. The van der Waals surface area contributed by atoms with Crippen LogP contribution in [0.1, 0.15) is 82.1 Å². The molecular weight excluding hydrogens is 391 g/mol. The summed E-state index contributed by atoms with van der Waals surface area (Å²) < 4.78 is 17.1. The molecule has 0 aromatic carbocycles. The molecule has 0 aromatic rings. The van der Waals surface area contributed by atoms with E-state index in [0.717, 1.165) is 12.8 Å². The standard InChI is InChI=1S/C21H45N2O3PS/c1-11-20(10)21(24)28-15-25-13-12-14-26-27(22(16(2)3)17(4)5)23(18(6)7)19(8)9/h16-20H,11-15H2,1-10H3. The minimum Gasteiger partial charge on any atom is -0.370 e. The molecule has 0 aliphatic carbocycles. The van der Waals surface area contributed by atoms with E-state index >= 15 is 0 Å². The summed E-state index contributed by atoms with van der Waals surface area (Å²) >= 11 is 1.28. The van der Waals surface area contributed by atoms with Gasteiger partial charge in [0.05, 0.1) is 12.5 Å². The molecule has 28 heavy (non-hydrogen) atoms. The predicted molar refractivity (Wildman–Crippen MR) is 125 cm³/mol. The molecule has 0 N–H and O–H groups in total. The number of hydrogen-bond donors (Lipinski definition) is 0. The highest BCUT2D eigenvalue weighted by Crippen LogP contribution is 2.50. The van der Waals surface area contributed by atoms with Crippen LogP contribution in [-0.4, -0.2) is 57.8 Å². The summed E-state index contributed by atoms with van der Waals surface area (Å²) in [6.45, 7) is 23.2. The monoisotopic (exact) mass is 436 g/mol. The fourth-order valence-electron chi connectivity index (χ4n) is 3.01. The van der Waals surface area contributed by atoms with Crippen LogP contribution < -0.4 is 0 Å². The van der Waals surface area contributed by atoms with Gasteiger partial charge in [0.15, 0.2) is 13.6 Å². The second kappa shape index (κ2) is 15.1. The molecule has 0 radical (unpaired) electrons. The van der Waals surface area contributed by atoms with Crippen LogP contribution in [0.25, 0.3) is 0 Å². The van der Waals surface area contributed by atoms with Crippen LogP contribution in [-0.2, 0) is 14.1 Å². The minimum atomic E-state index is -0.839. The fraction of sp³-hybridized carbons (Fsp3) is 0.952. The van der Waals surface area contributed by atoms with Crippen molar-refractivity contribution in [2.75, 3.05) is 19.2 Å². The third kappa shape index (κ3) is 10.4. The maximum Gasteiger partial charge on any atom is 0.193 e. The molecule has 168 valence electrons. The zero-order chi connectivity index (χ0) is 21.9. The maximum absolute atomic E-state index is 11.8. The van der Waals surface area contributed by atoms with Crippen molar-refractivity contribution in [3.8, 4) is 0 Å². The van der Waals surface area contributed by atoms with E-state index in [0.29, 0.717) is 43.3 Å². The van der Waals surface area contributed by atoms with Crippen LogP contribution in [0, 0.1) is 5.92 Å². The summed E-state index contributed by atoms with van der Waals surface area (Å²) in [5.74, 6) is 0.545. The second-order valence-corrected chi connectivity index (χ2v) is 11.0. The smallest absolute Gasteiger partial charge is 0.193 e. The van der Waals surface area contributed by atoms with E-state index in [4.69, 9.17) is 9.26 Å². The lowest BCUT2D eigenvalue weighted by molar-refractivity contribution is -0.114. The first-order valence-corrected chi connectivity index (χ1v) is 12.9. The molecule has 0 saturated carbocycles. The van der Waals surface area contributed by atoms with Crippen molar-refractivity contribution in [3.05, 3.63) is 0 Å². The number of hydrogen-bond acceptors (Lipinski definition) is 6. The number of thioether (sulfide) groups is 1. The molecule has 0 saturated heterocycles. The average molecular weight is 437 g/mol. The van der Waals surface area contributed by atoms with E-state index in [2.05, 4.69) is 64.7 Å². The van der Waals surface area contributed by atoms with Crippen LogP contribution in [0.15, 0.2) is 0 Å².